The van der Waals surface area contributed by atoms with Crippen LogP contribution >= 0.6 is 11.3 Å². The molecule has 2 aromatic carbocycles. The van der Waals surface area contributed by atoms with E-state index in [2.05, 4.69) is 10.6 Å². The molecule has 2 amide bonds. The number of rotatable bonds is 7. The summed E-state index contributed by atoms with van der Waals surface area (Å²) >= 11 is 1.58. The van der Waals surface area contributed by atoms with E-state index in [1.165, 1.54) is 0 Å². The highest BCUT2D eigenvalue weighted by atomic mass is 32.1. The van der Waals surface area contributed by atoms with E-state index in [4.69, 9.17) is 4.74 Å². The SMILES string of the molecule is CC(NC(=O)CNC(=O)c1ccc(Oc2ccccc2)cc1)c1cccs1. The molecule has 0 fully saturated rings. The summed E-state index contributed by atoms with van der Waals surface area (Å²) in [6.07, 6.45) is 0. The maximum Gasteiger partial charge on any atom is 0.251 e. The molecule has 1 heterocycles. The Kier molecular flexibility index (Phi) is 6.22. The summed E-state index contributed by atoms with van der Waals surface area (Å²) in [5.41, 5.74) is 0.467. The molecule has 0 aliphatic carbocycles. The summed E-state index contributed by atoms with van der Waals surface area (Å²) in [4.78, 5) is 25.3. The Morgan fingerprint density at radius 3 is 2.33 bits per heavy atom. The molecule has 6 heteroatoms. The summed E-state index contributed by atoms with van der Waals surface area (Å²) in [5, 5.41) is 7.46. The number of ether oxygens (including phenoxy) is 1. The molecule has 3 rings (SSSR count). The number of thiophene rings is 1. The van der Waals surface area contributed by atoms with Crippen LogP contribution in [0.15, 0.2) is 72.1 Å². The highest BCUT2D eigenvalue weighted by Gasteiger charge is 2.12. The minimum absolute atomic E-state index is 0.0726. The average Bonchev–Trinajstić information content (AvgIpc) is 3.22. The normalized spacial score (nSPS) is 11.4. The van der Waals surface area contributed by atoms with Gasteiger partial charge in [0.2, 0.25) is 5.91 Å². The van der Waals surface area contributed by atoms with Crippen LogP contribution in [0.3, 0.4) is 0 Å². The van der Waals surface area contributed by atoms with Crippen LogP contribution in [0.1, 0.15) is 28.2 Å². The Labute approximate surface area is 162 Å². The average molecular weight is 380 g/mol. The van der Waals surface area contributed by atoms with Crippen LogP contribution in [0.5, 0.6) is 11.5 Å². The maximum atomic E-state index is 12.2. The van der Waals surface area contributed by atoms with Gasteiger partial charge in [-0.1, -0.05) is 24.3 Å². The van der Waals surface area contributed by atoms with Gasteiger partial charge in [-0.15, -0.1) is 11.3 Å². The van der Waals surface area contributed by atoms with Crippen molar-refractivity contribution in [2.75, 3.05) is 6.54 Å². The molecule has 0 aliphatic rings. The van der Waals surface area contributed by atoms with Crippen LogP contribution < -0.4 is 15.4 Å². The van der Waals surface area contributed by atoms with Gasteiger partial charge in [-0.3, -0.25) is 9.59 Å². The fraction of sp³-hybridized carbons (Fsp3) is 0.143. The quantitative estimate of drug-likeness (QED) is 0.647. The van der Waals surface area contributed by atoms with E-state index in [0.717, 1.165) is 10.6 Å². The first-order valence-corrected chi connectivity index (χ1v) is 9.44. The molecule has 0 spiro atoms. The maximum absolute atomic E-state index is 12.2. The molecule has 0 aliphatic heterocycles. The van der Waals surface area contributed by atoms with Crippen molar-refractivity contribution >= 4 is 23.2 Å². The van der Waals surface area contributed by atoms with Gasteiger partial charge in [-0.05, 0) is 54.8 Å². The van der Waals surface area contributed by atoms with Crippen molar-refractivity contribution < 1.29 is 14.3 Å². The molecule has 138 valence electrons. The number of hydrogen-bond acceptors (Lipinski definition) is 4. The van der Waals surface area contributed by atoms with E-state index < -0.39 is 0 Å². The van der Waals surface area contributed by atoms with E-state index in [0.29, 0.717) is 11.3 Å². The third-order valence-corrected chi connectivity index (χ3v) is 4.91. The van der Waals surface area contributed by atoms with Crippen molar-refractivity contribution in [2.24, 2.45) is 0 Å². The second-order valence-electron chi connectivity index (χ2n) is 5.93. The Morgan fingerprint density at radius 2 is 1.67 bits per heavy atom. The fourth-order valence-electron chi connectivity index (χ4n) is 2.46. The summed E-state index contributed by atoms with van der Waals surface area (Å²) in [5.74, 6) is 0.833. The van der Waals surface area contributed by atoms with Crippen LogP contribution in [0.2, 0.25) is 0 Å². The largest absolute Gasteiger partial charge is 0.457 e. The Morgan fingerprint density at radius 1 is 0.963 bits per heavy atom. The standard InChI is InChI=1S/C21H20N2O3S/c1-15(19-8-5-13-27-19)23-20(24)14-22-21(25)16-9-11-18(12-10-16)26-17-6-3-2-4-7-17/h2-13,15H,14H2,1H3,(H,22,25)(H,23,24). The van der Waals surface area contributed by atoms with Gasteiger partial charge >= 0.3 is 0 Å². The first-order valence-electron chi connectivity index (χ1n) is 8.56. The molecule has 0 radical (unpaired) electrons. The molecule has 5 nitrogen and oxygen atoms in total. The summed E-state index contributed by atoms with van der Waals surface area (Å²) in [6, 6.07) is 20.0. The Bertz CT molecular complexity index is 878. The van der Waals surface area contributed by atoms with Crippen molar-refractivity contribution in [1.29, 1.82) is 0 Å². The van der Waals surface area contributed by atoms with Gasteiger partial charge in [0.05, 0.1) is 12.6 Å². The first-order chi connectivity index (χ1) is 13.1. The van der Waals surface area contributed by atoms with Gasteiger partial charge < -0.3 is 15.4 Å². The van der Waals surface area contributed by atoms with Crippen molar-refractivity contribution in [1.82, 2.24) is 10.6 Å². The van der Waals surface area contributed by atoms with Crippen molar-refractivity contribution in [3.8, 4) is 11.5 Å². The molecule has 0 saturated carbocycles. The fourth-order valence-corrected chi connectivity index (χ4v) is 3.20. The third-order valence-electron chi connectivity index (χ3n) is 3.85. The second-order valence-corrected chi connectivity index (χ2v) is 6.91. The minimum Gasteiger partial charge on any atom is -0.457 e. The number of benzene rings is 2. The number of para-hydroxylation sites is 1. The predicted octanol–water partition coefficient (Wildman–Crippen LogP) is 4.15. The smallest absolute Gasteiger partial charge is 0.251 e. The molecule has 0 saturated heterocycles. The van der Waals surface area contributed by atoms with Crippen molar-refractivity contribution in [2.45, 2.75) is 13.0 Å². The van der Waals surface area contributed by atoms with Crippen LogP contribution in [0.25, 0.3) is 0 Å². The molecule has 1 atom stereocenters. The first kappa shape index (κ1) is 18.7. The van der Waals surface area contributed by atoms with Crippen molar-refractivity contribution in [3.05, 3.63) is 82.6 Å². The molecule has 1 aromatic heterocycles. The highest BCUT2D eigenvalue weighted by molar-refractivity contribution is 7.10. The monoisotopic (exact) mass is 380 g/mol. The van der Waals surface area contributed by atoms with Gasteiger partial charge in [0, 0.05) is 10.4 Å². The van der Waals surface area contributed by atoms with Crippen LogP contribution in [-0.2, 0) is 4.79 Å². The van der Waals surface area contributed by atoms with E-state index in [-0.39, 0.29) is 24.4 Å². The lowest BCUT2D eigenvalue weighted by molar-refractivity contribution is -0.120. The zero-order valence-electron chi connectivity index (χ0n) is 14.8. The second kappa shape index (κ2) is 9.00. The zero-order valence-corrected chi connectivity index (χ0v) is 15.7. The Hall–Kier alpha value is -3.12. The predicted molar refractivity (Wildman–Crippen MR) is 106 cm³/mol. The van der Waals surface area contributed by atoms with Gasteiger partial charge in [0.1, 0.15) is 11.5 Å². The lowest BCUT2D eigenvalue weighted by Crippen LogP contribution is -2.37. The molecule has 27 heavy (non-hydrogen) atoms. The van der Waals surface area contributed by atoms with E-state index in [9.17, 15) is 9.59 Å². The molecule has 3 aromatic rings. The summed E-state index contributed by atoms with van der Waals surface area (Å²) in [6.45, 7) is 1.84. The van der Waals surface area contributed by atoms with Gasteiger partial charge in [0.25, 0.3) is 5.91 Å². The number of nitrogens with one attached hydrogen (secondary N) is 2. The van der Waals surface area contributed by atoms with E-state index >= 15 is 0 Å². The number of carbonyl (C=O) groups is 2. The molecule has 0 bridgehead atoms. The number of carbonyl (C=O) groups excluding carboxylic acids is 2. The van der Waals surface area contributed by atoms with Crippen LogP contribution in [-0.4, -0.2) is 18.4 Å². The van der Waals surface area contributed by atoms with Crippen LogP contribution in [0.4, 0.5) is 0 Å². The summed E-state index contributed by atoms with van der Waals surface area (Å²) in [7, 11) is 0. The zero-order chi connectivity index (χ0) is 19.1. The molecule has 1 unspecified atom stereocenters. The molecule has 2 N–H and O–H groups in total. The van der Waals surface area contributed by atoms with Gasteiger partial charge in [0.15, 0.2) is 0 Å². The summed E-state index contributed by atoms with van der Waals surface area (Å²) < 4.78 is 5.70. The lowest BCUT2D eigenvalue weighted by atomic mass is 10.2. The number of hydrogen-bond donors (Lipinski definition) is 2. The van der Waals surface area contributed by atoms with Crippen LogP contribution in [0, 0.1) is 0 Å². The lowest BCUT2D eigenvalue weighted by Gasteiger charge is -2.12. The van der Waals surface area contributed by atoms with Gasteiger partial charge in [-0.25, -0.2) is 0 Å². The minimum atomic E-state index is -0.305. The van der Waals surface area contributed by atoms with Gasteiger partial charge in [-0.2, -0.15) is 0 Å². The topological polar surface area (TPSA) is 67.4 Å². The highest BCUT2D eigenvalue weighted by Crippen LogP contribution is 2.21. The van der Waals surface area contributed by atoms with E-state index in [1.54, 1.807) is 35.6 Å². The molecular weight excluding hydrogens is 360 g/mol. The number of amides is 2. The van der Waals surface area contributed by atoms with Crippen molar-refractivity contribution in [3.63, 3.8) is 0 Å². The Balaban J connectivity index is 1.48. The van der Waals surface area contributed by atoms with E-state index in [1.807, 2.05) is 54.8 Å². The third kappa shape index (κ3) is 5.43. The molecular formula is C21H20N2O3S.